The molecule has 0 spiro atoms. The van der Waals surface area contributed by atoms with Crippen LogP contribution in [0.15, 0.2) is 59.7 Å². The van der Waals surface area contributed by atoms with Crippen molar-refractivity contribution in [2.75, 3.05) is 5.32 Å². The molecule has 0 aliphatic heterocycles. The fraction of sp³-hybridized carbons (Fsp3) is 0. The van der Waals surface area contributed by atoms with Crippen molar-refractivity contribution in [3.8, 4) is 0 Å². The van der Waals surface area contributed by atoms with Crippen LogP contribution in [-0.4, -0.2) is 18.0 Å². The molecule has 106 valence electrons. The van der Waals surface area contributed by atoms with E-state index in [-0.39, 0.29) is 0 Å². The Bertz CT molecular complexity index is 672. The van der Waals surface area contributed by atoms with Gasteiger partial charge in [-0.25, -0.2) is 5.43 Å². The molecule has 0 radical (unpaired) electrons. The van der Waals surface area contributed by atoms with Crippen LogP contribution in [0.25, 0.3) is 0 Å². The molecule has 0 saturated heterocycles. The molecule has 0 bridgehead atoms. The first-order chi connectivity index (χ1) is 10.1. The molecular weight excluding hydrogens is 290 g/mol. The zero-order valence-electron chi connectivity index (χ0n) is 10.9. The summed E-state index contributed by atoms with van der Waals surface area (Å²) in [5.74, 6) is -1.64. The zero-order chi connectivity index (χ0) is 15.1. The molecule has 5 nitrogen and oxygen atoms in total. The van der Waals surface area contributed by atoms with E-state index in [1.54, 1.807) is 48.5 Å². The van der Waals surface area contributed by atoms with Gasteiger partial charge in [-0.15, -0.1) is 0 Å². The molecule has 21 heavy (non-hydrogen) atoms. The molecule has 6 heteroatoms. The third kappa shape index (κ3) is 4.74. The Hall–Kier alpha value is -2.66. The van der Waals surface area contributed by atoms with Crippen LogP contribution in [0, 0.1) is 0 Å². The molecule has 2 aromatic rings. The normalized spacial score (nSPS) is 10.3. The summed E-state index contributed by atoms with van der Waals surface area (Å²) >= 11 is 5.81. The molecule has 0 saturated carbocycles. The number of amides is 2. The molecule has 2 N–H and O–H groups in total. The molecule has 0 atom stereocenters. The highest BCUT2D eigenvalue weighted by molar-refractivity contribution is 6.39. The third-order valence-electron chi connectivity index (χ3n) is 2.47. The lowest BCUT2D eigenvalue weighted by Crippen LogP contribution is -2.32. The highest BCUT2D eigenvalue weighted by atomic mass is 35.5. The van der Waals surface area contributed by atoms with Crippen LogP contribution < -0.4 is 10.7 Å². The average Bonchev–Trinajstić information content (AvgIpc) is 2.48. The van der Waals surface area contributed by atoms with E-state index < -0.39 is 11.8 Å². The molecule has 0 unspecified atom stereocenters. The predicted octanol–water partition coefficient (Wildman–Crippen LogP) is 2.43. The maximum Gasteiger partial charge on any atom is 0.329 e. The van der Waals surface area contributed by atoms with Crippen LogP contribution in [0.3, 0.4) is 0 Å². The van der Waals surface area contributed by atoms with Gasteiger partial charge in [-0.2, -0.15) is 5.10 Å². The Morgan fingerprint density at radius 1 is 1.00 bits per heavy atom. The van der Waals surface area contributed by atoms with E-state index in [4.69, 9.17) is 11.6 Å². The van der Waals surface area contributed by atoms with Gasteiger partial charge in [-0.1, -0.05) is 41.9 Å². The molecule has 0 heterocycles. The number of rotatable bonds is 3. The zero-order valence-corrected chi connectivity index (χ0v) is 11.7. The third-order valence-corrected chi connectivity index (χ3v) is 2.70. The van der Waals surface area contributed by atoms with Crippen molar-refractivity contribution in [2.45, 2.75) is 0 Å². The molecule has 0 aliphatic rings. The van der Waals surface area contributed by atoms with E-state index in [1.807, 2.05) is 6.07 Å². The fourth-order valence-corrected chi connectivity index (χ4v) is 1.71. The van der Waals surface area contributed by atoms with Gasteiger partial charge in [-0.05, 0) is 29.8 Å². The second-order valence-electron chi connectivity index (χ2n) is 4.07. The molecule has 2 amide bonds. The van der Waals surface area contributed by atoms with Gasteiger partial charge < -0.3 is 5.32 Å². The lowest BCUT2D eigenvalue weighted by molar-refractivity contribution is -0.136. The number of nitrogens with one attached hydrogen (secondary N) is 2. The quantitative estimate of drug-likeness (QED) is 0.519. The maximum absolute atomic E-state index is 11.6. The molecule has 2 aromatic carbocycles. The average molecular weight is 302 g/mol. The summed E-state index contributed by atoms with van der Waals surface area (Å²) < 4.78 is 0. The van der Waals surface area contributed by atoms with Crippen LogP contribution in [0.4, 0.5) is 5.69 Å². The number of nitrogens with zero attached hydrogens (tertiary/aromatic N) is 1. The minimum Gasteiger partial charge on any atom is -0.318 e. The smallest absolute Gasteiger partial charge is 0.318 e. The summed E-state index contributed by atoms with van der Waals surface area (Å²) in [6.45, 7) is 0. The van der Waals surface area contributed by atoms with E-state index in [0.29, 0.717) is 16.3 Å². The minimum atomic E-state index is -0.850. The summed E-state index contributed by atoms with van der Waals surface area (Å²) in [5, 5.41) is 6.72. The molecule has 0 aliphatic carbocycles. The first-order valence-electron chi connectivity index (χ1n) is 6.10. The number of hydrogen-bond acceptors (Lipinski definition) is 3. The van der Waals surface area contributed by atoms with Crippen molar-refractivity contribution in [1.82, 2.24) is 5.43 Å². The van der Waals surface area contributed by atoms with Gasteiger partial charge in [0.1, 0.15) is 0 Å². The topological polar surface area (TPSA) is 70.6 Å². The number of carbonyl (C=O) groups excluding carboxylic acids is 2. The largest absolute Gasteiger partial charge is 0.329 e. The molecule has 0 fully saturated rings. The summed E-state index contributed by atoms with van der Waals surface area (Å²) in [4.78, 5) is 23.1. The first kappa shape index (κ1) is 14.7. The Kier molecular flexibility index (Phi) is 5.06. The van der Waals surface area contributed by atoms with E-state index in [9.17, 15) is 9.59 Å². The van der Waals surface area contributed by atoms with Crippen molar-refractivity contribution in [3.05, 3.63) is 65.2 Å². The number of benzene rings is 2. The summed E-state index contributed by atoms with van der Waals surface area (Å²) in [6.07, 6.45) is 1.40. The SMILES string of the molecule is O=C(N/N=C\c1cccc(Cl)c1)C(=O)Nc1ccccc1. The number of hydrogen-bond donors (Lipinski definition) is 2. The monoisotopic (exact) mass is 301 g/mol. The van der Waals surface area contributed by atoms with E-state index in [0.717, 1.165) is 0 Å². The van der Waals surface area contributed by atoms with E-state index in [1.165, 1.54) is 6.21 Å². The Morgan fingerprint density at radius 2 is 1.76 bits per heavy atom. The van der Waals surface area contributed by atoms with Crippen LogP contribution in [0.5, 0.6) is 0 Å². The molecule has 0 aromatic heterocycles. The van der Waals surface area contributed by atoms with E-state index in [2.05, 4.69) is 15.8 Å². The molecule has 2 rings (SSSR count). The second kappa shape index (κ2) is 7.21. The number of hydrazone groups is 1. The van der Waals surface area contributed by atoms with Crippen molar-refractivity contribution in [2.24, 2.45) is 5.10 Å². The summed E-state index contributed by atoms with van der Waals surface area (Å²) in [7, 11) is 0. The highest BCUT2D eigenvalue weighted by Gasteiger charge is 2.12. The summed E-state index contributed by atoms with van der Waals surface area (Å²) in [6, 6.07) is 15.6. The van der Waals surface area contributed by atoms with Gasteiger partial charge in [0, 0.05) is 10.7 Å². The summed E-state index contributed by atoms with van der Waals surface area (Å²) in [5.41, 5.74) is 3.40. The minimum absolute atomic E-state index is 0.538. The van der Waals surface area contributed by atoms with Crippen LogP contribution >= 0.6 is 11.6 Å². The van der Waals surface area contributed by atoms with Crippen molar-refractivity contribution >= 4 is 35.3 Å². The lowest BCUT2D eigenvalue weighted by atomic mass is 10.2. The fourth-order valence-electron chi connectivity index (χ4n) is 1.51. The standard InChI is InChI=1S/C15H12ClN3O2/c16-12-6-4-5-11(9-12)10-17-19-15(21)14(20)18-13-7-2-1-3-8-13/h1-10H,(H,18,20)(H,19,21)/b17-10-. The first-order valence-corrected chi connectivity index (χ1v) is 6.48. The number of carbonyl (C=O) groups is 2. The van der Waals surface area contributed by atoms with Crippen LogP contribution in [0.1, 0.15) is 5.56 Å². The highest BCUT2D eigenvalue weighted by Crippen LogP contribution is 2.08. The Labute approximate surface area is 126 Å². The van der Waals surface area contributed by atoms with Crippen molar-refractivity contribution < 1.29 is 9.59 Å². The maximum atomic E-state index is 11.6. The van der Waals surface area contributed by atoms with E-state index >= 15 is 0 Å². The predicted molar refractivity (Wildman–Crippen MR) is 82.3 cm³/mol. The number of halogens is 1. The van der Waals surface area contributed by atoms with Crippen molar-refractivity contribution in [1.29, 1.82) is 0 Å². The second-order valence-corrected chi connectivity index (χ2v) is 4.51. The Balaban J connectivity index is 1.88. The van der Waals surface area contributed by atoms with Gasteiger partial charge in [0.25, 0.3) is 0 Å². The number of anilines is 1. The van der Waals surface area contributed by atoms with Gasteiger partial charge in [-0.3, -0.25) is 9.59 Å². The number of para-hydroxylation sites is 1. The van der Waals surface area contributed by atoms with Gasteiger partial charge in [0.05, 0.1) is 6.21 Å². The van der Waals surface area contributed by atoms with Crippen LogP contribution in [-0.2, 0) is 9.59 Å². The van der Waals surface area contributed by atoms with Gasteiger partial charge >= 0.3 is 11.8 Å². The Morgan fingerprint density at radius 3 is 2.48 bits per heavy atom. The lowest BCUT2D eigenvalue weighted by Gasteiger charge is -2.03. The van der Waals surface area contributed by atoms with Gasteiger partial charge in [0.2, 0.25) is 0 Å². The van der Waals surface area contributed by atoms with Crippen molar-refractivity contribution in [3.63, 3.8) is 0 Å². The van der Waals surface area contributed by atoms with Gasteiger partial charge in [0.15, 0.2) is 0 Å². The molecular formula is C15H12ClN3O2. The van der Waals surface area contributed by atoms with Crippen LogP contribution in [0.2, 0.25) is 5.02 Å².